The molecule has 0 aliphatic carbocycles. The number of rotatable bonds is 4. The van der Waals surface area contributed by atoms with Crippen LogP contribution in [0.1, 0.15) is 6.42 Å². The van der Waals surface area contributed by atoms with Crippen molar-refractivity contribution in [1.82, 2.24) is 0 Å². The molecule has 1 aromatic carbocycles. The van der Waals surface area contributed by atoms with Gasteiger partial charge in [-0.2, -0.15) is 0 Å². The summed E-state index contributed by atoms with van der Waals surface area (Å²) in [5.41, 5.74) is 0.907. The van der Waals surface area contributed by atoms with Crippen molar-refractivity contribution in [3.8, 4) is 5.75 Å². The van der Waals surface area contributed by atoms with Crippen LogP contribution in [0.25, 0.3) is 0 Å². The highest BCUT2D eigenvalue weighted by atomic mass is 35.5. The van der Waals surface area contributed by atoms with Crippen molar-refractivity contribution in [2.45, 2.75) is 6.42 Å². The van der Waals surface area contributed by atoms with Gasteiger partial charge in [-0.15, -0.1) is 11.6 Å². The second-order valence-corrected chi connectivity index (χ2v) is 6.50. The lowest BCUT2D eigenvalue weighted by Gasteiger charge is -2.24. The van der Waals surface area contributed by atoms with E-state index in [0.717, 1.165) is 5.41 Å². The highest BCUT2D eigenvalue weighted by Crippen LogP contribution is 2.33. The molecule has 0 fully saturated rings. The lowest BCUT2D eigenvalue weighted by atomic mass is 10.2. The van der Waals surface area contributed by atoms with Crippen LogP contribution in [0.2, 0.25) is 0 Å². The van der Waals surface area contributed by atoms with Gasteiger partial charge in [-0.3, -0.25) is 9.69 Å². The topological polar surface area (TPSA) is 63.7 Å². The number of sulfone groups is 1. The Hall–Kier alpha value is -1.53. The Bertz CT molecular complexity index is 654. The molecule has 108 valence electrons. The van der Waals surface area contributed by atoms with Gasteiger partial charge < -0.3 is 4.74 Å². The lowest BCUT2D eigenvalue weighted by Crippen LogP contribution is -2.31. The van der Waals surface area contributed by atoms with E-state index in [-0.39, 0.29) is 24.0 Å². The average molecular weight is 316 g/mol. The zero-order valence-electron chi connectivity index (χ0n) is 10.9. The molecule has 0 atom stereocenters. The molecular formula is C13H14ClNO4S. The van der Waals surface area contributed by atoms with Crippen LogP contribution in [0.3, 0.4) is 0 Å². The minimum absolute atomic E-state index is 0.00352. The van der Waals surface area contributed by atoms with Gasteiger partial charge in [-0.25, -0.2) is 8.42 Å². The van der Waals surface area contributed by atoms with E-state index < -0.39 is 9.84 Å². The first kappa shape index (κ1) is 14.9. The Morgan fingerprint density at radius 3 is 2.65 bits per heavy atom. The second kappa shape index (κ2) is 5.85. The third-order valence-corrected chi connectivity index (χ3v) is 4.57. The molecule has 0 saturated heterocycles. The number of nitrogens with zero attached hydrogens (tertiary/aromatic N) is 1. The summed E-state index contributed by atoms with van der Waals surface area (Å²) in [7, 11) is -1.76. The molecule has 1 aliphatic heterocycles. The minimum atomic E-state index is -3.25. The number of carbonyl (C=O) groups excluding carboxylic acids is 1. The average Bonchev–Trinajstić information content (AvgIpc) is 2.79. The number of ether oxygens (including phenoxy) is 1. The fourth-order valence-electron chi connectivity index (χ4n) is 2.06. The normalized spacial score (nSPS) is 16.6. The number of para-hydroxylation sites is 2. The van der Waals surface area contributed by atoms with Crippen molar-refractivity contribution in [3.05, 3.63) is 35.4 Å². The van der Waals surface area contributed by atoms with Crippen molar-refractivity contribution in [2.75, 3.05) is 23.6 Å². The summed E-state index contributed by atoms with van der Waals surface area (Å²) in [5, 5.41) is 1.13. The zero-order chi connectivity index (χ0) is 14.8. The van der Waals surface area contributed by atoms with Crippen LogP contribution in [-0.2, 0) is 14.6 Å². The predicted octanol–water partition coefficient (Wildman–Crippen LogP) is 1.93. The molecule has 1 heterocycles. The number of benzene rings is 1. The summed E-state index contributed by atoms with van der Waals surface area (Å²) in [5.74, 6) is -0.144. The molecule has 0 aromatic heterocycles. The van der Waals surface area contributed by atoms with Gasteiger partial charge in [0, 0.05) is 12.1 Å². The van der Waals surface area contributed by atoms with Crippen LogP contribution >= 0.6 is 11.6 Å². The zero-order valence-corrected chi connectivity index (χ0v) is 12.4. The molecule has 0 radical (unpaired) electrons. The fraction of sp³-hybridized carbons (Fsp3) is 0.308. The van der Waals surface area contributed by atoms with Gasteiger partial charge in [0.1, 0.15) is 11.6 Å². The Morgan fingerprint density at radius 2 is 2.10 bits per heavy atom. The highest BCUT2D eigenvalue weighted by Gasteiger charge is 2.28. The molecule has 1 aromatic rings. The maximum Gasteiger partial charge on any atom is 0.246 e. The Labute approximate surface area is 122 Å². The Kier molecular flexibility index (Phi) is 4.35. The summed E-state index contributed by atoms with van der Waals surface area (Å²) in [6.45, 7) is 0. The van der Waals surface area contributed by atoms with Crippen LogP contribution in [0, 0.1) is 0 Å². The summed E-state index contributed by atoms with van der Waals surface area (Å²) >= 11 is 5.63. The van der Waals surface area contributed by atoms with Gasteiger partial charge >= 0.3 is 0 Å². The van der Waals surface area contributed by atoms with E-state index in [1.165, 1.54) is 12.0 Å². The van der Waals surface area contributed by atoms with Gasteiger partial charge in [0.25, 0.3) is 0 Å². The number of amides is 1. The van der Waals surface area contributed by atoms with E-state index in [1.54, 1.807) is 24.3 Å². The van der Waals surface area contributed by atoms with Crippen molar-refractivity contribution in [1.29, 1.82) is 0 Å². The van der Waals surface area contributed by atoms with Crippen LogP contribution in [0.5, 0.6) is 5.75 Å². The van der Waals surface area contributed by atoms with E-state index in [9.17, 15) is 13.2 Å². The minimum Gasteiger partial charge on any atom is -0.495 e. The number of methoxy groups -OCH3 is 1. The number of hydrogen-bond donors (Lipinski definition) is 0. The molecule has 0 spiro atoms. The Morgan fingerprint density at radius 1 is 1.40 bits per heavy atom. The molecule has 5 nitrogen and oxygen atoms in total. The third kappa shape index (κ3) is 2.96. The number of hydrogen-bond acceptors (Lipinski definition) is 4. The fourth-order valence-corrected chi connectivity index (χ4v) is 3.43. The summed E-state index contributed by atoms with van der Waals surface area (Å²) in [4.78, 5) is 13.4. The van der Waals surface area contributed by atoms with E-state index >= 15 is 0 Å². The van der Waals surface area contributed by atoms with Gasteiger partial charge in [0.05, 0.1) is 24.0 Å². The highest BCUT2D eigenvalue weighted by molar-refractivity contribution is 7.94. The monoisotopic (exact) mass is 315 g/mol. The van der Waals surface area contributed by atoms with Gasteiger partial charge in [0.15, 0.2) is 9.84 Å². The quantitative estimate of drug-likeness (QED) is 0.796. The van der Waals surface area contributed by atoms with E-state index in [2.05, 4.69) is 0 Å². The van der Waals surface area contributed by atoms with Crippen molar-refractivity contribution >= 4 is 33.0 Å². The Balaban J connectivity index is 2.52. The molecule has 20 heavy (non-hydrogen) atoms. The summed E-state index contributed by atoms with van der Waals surface area (Å²) in [6.07, 6.45) is 0.281. The molecule has 0 saturated carbocycles. The molecule has 2 rings (SSSR count). The summed E-state index contributed by atoms with van der Waals surface area (Å²) in [6, 6.07) is 6.91. The van der Waals surface area contributed by atoms with Crippen LogP contribution in [-0.4, -0.2) is 33.1 Å². The van der Waals surface area contributed by atoms with Crippen molar-refractivity contribution < 1.29 is 17.9 Å². The number of halogens is 1. The standard InChI is InChI=1S/C13H14ClNO4S/c1-19-12-5-3-2-4-11(12)15(13(16)8-14)10-6-7-20(17,18)9-10/h2-5,9H,6-8H2,1H3. The molecule has 0 bridgehead atoms. The van der Waals surface area contributed by atoms with Crippen LogP contribution in [0.4, 0.5) is 5.69 Å². The maximum absolute atomic E-state index is 12.1. The third-order valence-electron chi connectivity index (χ3n) is 2.94. The number of carbonyl (C=O) groups is 1. The predicted molar refractivity (Wildman–Crippen MR) is 77.7 cm³/mol. The molecule has 1 amide bonds. The summed E-state index contributed by atoms with van der Waals surface area (Å²) < 4.78 is 28.3. The number of allylic oxidation sites excluding steroid dienone is 1. The molecule has 0 unspecified atom stereocenters. The van der Waals surface area contributed by atoms with E-state index in [0.29, 0.717) is 17.1 Å². The molecule has 7 heteroatoms. The second-order valence-electron chi connectivity index (χ2n) is 4.26. The SMILES string of the molecule is COc1ccccc1N(C(=O)CCl)C1=CS(=O)(=O)CC1. The first-order valence-corrected chi connectivity index (χ1v) is 8.19. The molecule has 1 aliphatic rings. The lowest BCUT2D eigenvalue weighted by molar-refractivity contribution is -0.115. The van der Waals surface area contributed by atoms with Gasteiger partial charge in [-0.05, 0) is 12.1 Å². The first-order chi connectivity index (χ1) is 9.48. The van der Waals surface area contributed by atoms with Crippen molar-refractivity contribution in [2.24, 2.45) is 0 Å². The maximum atomic E-state index is 12.1. The van der Waals surface area contributed by atoms with Gasteiger partial charge in [-0.1, -0.05) is 12.1 Å². The first-order valence-electron chi connectivity index (χ1n) is 5.94. The number of anilines is 1. The van der Waals surface area contributed by atoms with Crippen molar-refractivity contribution in [3.63, 3.8) is 0 Å². The molecular weight excluding hydrogens is 302 g/mol. The largest absolute Gasteiger partial charge is 0.495 e. The van der Waals surface area contributed by atoms with Gasteiger partial charge in [0.2, 0.25) is 5.91 Å². The molecule has 0 N–H and O–H groups in total. The van der Waals surface area contributed by atoms with Crippen LogP contribution < -0.4 is 9.64 Å². The smallest absolute Gasteiger partial charge is 0.246 e. The number of alkyl halides is 1. The van der Waals surface area contributed by atoms with E-state index in [4.69, 9.17) is 16.3 Å². The van der Waals surface area contributed by atoms with Crippen LogP contribution in [0.15, 0.2) is 35.4 Å². The van der Waals surface area contributed by atoms with E-state index in [1.807, 2.05) is 0 Å².